The first-order valence-corrected chi connectivity index (χ1v) is 12.2. The van der Waals surface area contributed by atoms with E-state index in [1.165, 1.54) is 11.0 Å². The summed E-state index contributed by atoms with van der Waals surface area (Å²) in [4.78, 5) is 42.2. The second-order valence-corrected chi connectivity index (χ2v) is 10.2. The number of hydrogen-bond acceptors (Lipinski definition) is 4. The molecule has 12 heteroatoms. The number of likely N-dealkylation sites (tertiary alicyclic amines) is 1. The van der Waals surface area contributed by atoms with Crippen LogP contribution in [-0.2, 0) is 15.0 Å². The van der Waals surface area contributed by atoms with E-state index in [4.69, 9.17) is 11.6 Å². The van der Waals surface area contributed by atoms with E-state index in [-0.39, 0.29) is 48.1 Å². The molecule has 37 heavy (non-hydrogen) atoms. The summed E-state index contributed by atoms with van der Waals surface area (Å²) < 4.78 is 41.1. The van der Waals surface area contributed by atoms with Gasteiger partial charge in [-0.15, -0.1) is 0 Å². The van der Waals surface area contributed by atoms with Gasteiger partial charge in [0, 0.05) is 36.0 Å². The topological polar surface area (TPSA) is 98.4 Å². The molecule has 3 aliphatic rings. The lowest BCUT2D eigenvalue weighted by atomic mass is 9.73. The summed E-state index contributed by atoms with van der Waals surface area (Å²) in [5, 5.41) is 9.61. The number of H-pyrrole nitrogens is 1. The summed E-state index contributed by atoms with van der Waals surface area (Å²) >= 11 is 6.36. The molecule has 8 nitrogen and oxygen atoms in total. The molecular weight excluding hydrogens is 511 g/mol. The van der Waals surface area contributed by atoms with Gasteiger partial charge in [-0.05, 0) is 43.2 Å². The van der Waals surface area contributed by atoms with Crippen LogP contribution < -0.4 is 10.2 Å². The maximum atomic E-state index is 14.5. The van der Waals surface area contributed by atoms with E-state index in [1.807, 2.05) is 0 Å². The van der Waals surface area contributed by atoms with Gasteiger partial charge in [-0.2, -0.15) is 5.10 Å². The quantitative estimate of drug-likeness (QED) is 0.539. The number of hydrogen-bond donors (Lipinski definition) is 2. The molecule has 1 saturated carbocycles. The van der Waals surface area contributed by atoms with Crippen molar-refractivity contribution in [3.63, 3.8) is 0 Å². The van der Waals surface area contributed by atoms with Crippen LogP contribution >= 0.6 is 11.6 Å². The molecule has 3 aromatic rings. The zero-order valence-electron chi connectivity index (χ0n) is 19.4. The highest BCUT2D eigenvalue weighted by molar-refractivity contribution is 6.33. The van der Waals surface area contributed by atoms with Crippen LogP contribution in [0.25, 0.3) is 10.9 Å². The Morgan fingerprint density at radius 3 is 2.62 bits per heavy atom. The predicted octanol–water partition coefficient (Wildman–Crippen LogP) is 3.40. The van der Waals surface area contributed by atoms with Crippen LogP contribution in [-0.4, -0.2) is 64.4 Å². The Morgan fingerprint density at radius 1 is 1.19 bits per heavy atom. The lowest BCUT2D eigenvalue weighted by Crippen LogP contribution is -2.51. The zero-order chi connectivity index (χ0) is 26.1. The number of benzene rings is 2. The van der Waals surface area contributed by atoms with Gasteiger partial charge in [0.1, 0.15) is 12.4 Å². The molecule has 192 valence electrons. The Labute approximate surface area is 213 Å². The number of rotatable bonds is 4. The number of anilines is 1. The maximum absolute atomic E-state index is 14.5. The minimum Gasteiger partial charge on any atom is -0.346 e. The van der Waals surface area contributed by atoms with E-state index < -0.39 is 48.0 Å². The molecule has 3 amide bonds. The molecule has 1 unspecified atom stereocenters. The van der Waals surface area contributed by atoms with Crippen molar-refractivity contribution in [1.82, 2.24) is 20.4 Å². The first-order chi connectivity index (χ1) is 17.6. The van der Waals surface area contributed by atoms with E-state index in [1.54, 1.807) is 29.3 Å². The normalized spacial score (nSPS) is 21.4. The Kier molecular flexibility index (Phi) is 5.27. The van der Waals surface area contributed by atoms with Crippen LogP contribution in [0.1, 0.15) is 35.2 Å². The van der Waals surface area contributed by atoms with E-state index in [0.29, 0.717) is 5.56 Å². The maximum Gasteiger partial charge on any atom is 0.270 e. The predicted molar refractivity (Wildman–Crippen MR) is 128 cm³/mol. The van der Waals surface area contributed by atoms with Crippen LogP contribution in [0, 0.1) is 5.82 Å². The molecule has 2 aromatic carbocycles. The molecule has 1 aliphatic carbocycles. The van der Waals surface area contributed by atoms with Gasteiger partial charge in [0.05, 0.1) is 33.9 Å². The number of fused-ring (bicyclic) bond motifs is 3. The standard InChI is InChI=1S/C25H21ClF3N5O3/c26-21-15(27)2-4-17-20(21)24(23(37)34(17)12-19(35)31-18-10-25(18,28)29)5-7-33(8-6-24)22(36)13-1-3-16-14(9-13)11-30-32-16/h1-4,9,11,18H,5-8,10,12H2,(H,30,32)(H,31,35). The summed E-state index contributed by atoms with van der Waals surface area (Å²) in [6, 6.07) is 6.42. The van der Waals surface area contributed by atoms with Crippen LogP contribution in [0.4, 0.5) is 18.9 Å². The van der Waals surface area contributed by atoms with Crippen molar-refractivity contribution in [3.05, 3.63) is 58.5 Å². The average molecular weight is 532 g/mol. The monoisotopic (exact) mass is 531 g/mol. The molecule has 2 N–H and O–H groups in total. The second kappa shape index (κ2) is 8.20. The van der Waals surface area contributed by atoms with E-state index in [0.717, 1.165) is 17.0 Å². The number of halogens is 4. The zero-order valence-corrected chi connectivity index (χ0v) is 20.1. The fourth-order valence-corrected chi connectivity index (χ4v) is 5.76. The van der Waals surface area contributed by atoms with Gasteiger partial charge in [0.2, 0.25) is 11.8 Å². The summed E-state index contributed by atoms with van der Waals surface area (Å²) in [5.41, 5.74) is 0.592. The molecule has 2 fully saturated rings. The molecule has 3 heterocycles. The third-order valence-electron chi connectivity index (χ3n) is 7.55. The summed E-state index contributed by atoms with van der Waals surface area (Å²) in [6.45, 7) is -0.0846. The van der Waals surface area contributed by atoms with Gasteiger partial charge in [-0.25, -0.2) is 13.2 Å². The third-order valence-corrected chi connectivity index (χ3v) is 7.92. The molecule has 0 bridgehead atoms. The molecule has 2 aliphatic heterocycles. The number of alkyl halides is 2. The Morgan fingerprint density at radius 2 is 1.92 bits per heavy atom. The number of aromatic amines is 1. The second-order valence-electron chi connectivity index (χ2n) is 9.78. The molecule has 1 atom stereocenters. The minimum absolute atomic E-state index is 0.167. The number of aromatic nitrogens is 2. The first-order valence-electron chi connectivity index (χ1n) is 11.8. The van der Waals surface area contributed by atoms with Crippen LogP contribution in [0.15, 0.2) is 36.5 Å². The number of amides is 3. The lowest BCUT2D eigenvalue weighted by Gasteiger charge is -2.38. The van der Waals surface area contributed by atoms with Crippen molar-refractivity contribution in [2.24, 2.45) is 0 Å². The largest absolute Gasteiger partial charge is 0.346 e. The van der Waals surface area contributed by atoms with E-state index >= 15 is 0 Å². The summed E-state index contributed by atoms with van der Waals surface area (Å²) in [6.07, 6.45) is 1.51. The summed E-state index contributed by atoms with van der Waals surface area (Å²) in [5.74, 6) is -5.06. The Hall–Kier alpha value is -3.60. The number of nitrogens with zero attached hydrogens (tertiary/aromatic N) is 3. The van der Waals surface area contributed by atoms with Gasteiger partial charge in [-0.1, -0.05) is 11.6 Å². The van der Waals surface area contributed by atoms with Crippen LogP contribution in [0.3, 0.4) is 0 Å². The number of carbonyl (C=O) groups excluding carboxylic acids is 3. The number of nitrogens with one attached hydrogen (secondary N) is 2. The van der Waals surface area contributed by atoms with Gasteiger partial charge in [-0.3, -0.25) is 19.5 Å². The smallest absolute Gasteiger partial charge is 0.270 e. The molecule has 6 rings (SSSR count). The minimum atomic E-state index is -2.95. The van der Waals surface area contributed by atoms with Crippen molar-refractivity contribution in [2.75, 3.05) is 24.5 Å². The fraction of sp³-hybridized carbons (Fsp3) is 0.360. The number of piperidine rings is 1. The van der Waals surface area contributed by atoms with Crippen molar-refractivity contribution < 1.29 is 27.6 Å². The molecule has 1 spiro atoms. The lowest BCUT2D eigenvalue weighted by molar-refractivity contribution is -0.127. The van der Waals surface area contributed by atoms with E-state index in [9.17, 15) is 27.6 Å². The van der Waals surface area contributed by atoms with Gasteiger partial charge in [0.25, 0.3) is 11.8 Å². The van der Waals surface area contributed by atoms with Crippen molar-refractivity contribution in [2.45, 2.75) is 36.6 Å². The van der Waals surface area contributed by atoms with Gasteiger partial charge >= 0.3 is 0 Å². The van der Waals surface area contributed by atoms with Crippen molar-refractivity contribution in [1.29, 1.82) is 0 Å². The highest BCUT2D eigenvalue weighted by atomic mass is 35.5. The summed E-state index contributed by atoms with van der Waals surface area (Å²) in [7, 11) is 0. The van der Waals surface area contributed by atoms with Gasteiger partial charge < -0.3 is 15.1 Å². The molecular formula is C25H21ClF3N5O3. The molecule has 0 radical (unpaired) electrons. The van der Waals surface area contributed by atoms with Gasteiger partial charge in [0.15, 0.2) is 0 Å². The van der Waals surface area contributed by atoms with Crippen LogP contribution in [0.5, 0.6) is 0 Å². The third kappa shape index (κ3) is 3.75. The molecule has 1 saturated heterocycles. The molecule has 1 aromatic heterocycles. The average Bonchev–Trinajstić information content (AvgIpc) is 3.18. The van der Waals surface area contributed by atoms with E-state index in [2.05, 4.69) is 15.5 Å². The van der Waals surface area contributed by atoms with Crippen molar-refractivity contribution in [3.8, 4) is 0 Å². The SMILES string of the molecule is O=C(CN1C(=O)C2(CCN(C(=O)c3ccc4[nH]ncc4c3)CC2)c2c1ccc(F)c2Cl)NC1CC1(F)F. The Bertz CT molecular complexity index is 1470. The Balaban J connectivity index is 1.25. The van der Waals surface area contributed by atoms with Crippen LogP contribution in [0.2, 0.25) is 5.02 Å². The highest BCUT2D eigenvalue weighted by Crippen LogP contribution is 2.51. The van der Waals surface area contributed by atoms with Crippen molar-refractivity contribution >= 4 is 45.9 Å². The number of carbonyl (C=O) groups is 3. The first kappa shape index (κ1) is 23.8. The fourth-order valence-electron chi connectivity index (χ4n) is 5.42. The highest BCUT2D eigenvalue weighted by Gasteiger charge is 2.58.